The summed E-state index contributed by atoms with van der Waals surface area (Å²) in [6.45, 7) is 2.27. The Morgan fingerprint density at radius 1 is 0.950 bits per heavy atom. The molecule has 2 heteroatoms. The van der Waals surface area contributed by atoms with Crippen molar-refractivity contribution in [2.24, 2.45) is 0 Å². The van der Waals surface area contributed by atoms with Crippen molar-refractivity contribution in [3.63, 3.8) is 0 Å². The molecule has 0 saturated carbocycles. The van der Waals surface area contributed by atoms with Gasteiger partial charge in [0, 0.05) is 12.1 Å². The number of benzene rings is 2. The Bertz CT molecular complexity index is 479. The lowest BCUT2D eigenvalue weighted by Gasteiger charge is -2.24. The SMILES string of the molecule is CC[C@@H](CO)NC(Cc1ccccc1)c1ccccc1. The van der Waals surface area contributed by atoms with Crippen molar-refractivity contribution < 1.29 is 5.11 Å². The third-order valence-electron chi connectivity index (χ3n) is 3.63. The zero-order valence-corrected chi connectivity index (χ0v) is 12.0. The normalized spacial score (nSPS) is 13.9. The largest absolute Gasteiger partial charge is 0.395 e. The van der Waals surface area contributed by atoms with Gasteiger partial charge >= 0.3 is 0 Å². The van der Waals surface area contributed by atoms with Gasteiger partial charge in [0.25, 0.3) is 0 Å². The van der Waals surface area contributed by atoms with E-state index in [2.05, 4.69) is 60.8 Å². The Labute approximate surface area is 121 Å². The number of nitrogens with one attached hydrogen (secondary N) is 1. The van der Waals surface area contributed by atoms with E-state index in [1.165, 1.54) is 11.1 Å². The molecule has 0 aliphatic heterocycles. The number of hydrogen-bond acceptors (Lipinski definition) is 2. The van der Waals surface area contributed by atoms with Crippen LogP contribution in [0.4, 0.5) is 0 Å². The van der Waals surface area contributed by atoms with Crippen molar-refractivity contribution in [1.29, 1.82) is 0 Å². The van der Waals surface area contributed by atoms with E-state index in [0.717, 1.165) is 12.8 Å². The molecule has 0 bridgehead atoms. The van der Waals surface area contributed by atoms with Crippen LogP contribution in [-0.2, 0) is 6.42 Å². The zero-order chi connectivity index (χ0) is 14.2. The van der Waals surface area contributed by atoms with Crippen molar-refractivity contribution in [3.05, 3.63) is 71.8 Å². The van der Waals surface area contributed by atoms with Gasteiger partial charge in [0.2, 0.25) is 0 Å². The molecule has 0 saturated heterocycles. The molecule has 0 aromatic heterocycles. The highest BCUT2D eigenvalue weighted by molar-refractivity contribution is 5.23. The highest BCUT2D eigenvalue weighted by Gasteiger charge is 2.15. The summed E-state index contributed by atoms with van der Waals surface area (Å²) >= 11 is 0. The van der Waals surface area contributed by atoms with Crippen LogP contribution in [0, 0.1) is 0 Å². The van der Waals surface area contributed by atoms with Gasteiger partial charge < -0.3 is 10.4 Å². The minimum absolute atomic E-state index is 0.143. The van der Waals surface area contributed by atoms with Crippen LogP contribution < -0.4 is 5.32 Å². The van der Waals surface area contributed by atoms with Crippen molar-refractivity contribution in [3.8, 4) is 0 Å². The van der Waals surface area contributed by atoms with Crippen LogP contribution in [0.3, 0.4) is 0 Å². The Kier molecular flexibility index (Phi) is 5.78. The number of rotatable bonds is 7. The molecule has 2 atom stereocenters. The molecule has 2 rings (SSSR count). The van der Waals surface area contributed by atoms with E-state index in [-0.39, 0.29) is 18.7 Å². The maximum Gasteiger partial charge on any atom is 0.0584 e. The van der Waals surface area contributed by atoms with Gasteiger partial charge in [0.1, 0.15) is 0 Å². The molecule has 0 amide bonds. The summed E-state index contributed by atoms with van der Waals surface area (Å²) < 4.78 is 0. The summed E-state index contributed by atoms with van der Waals surface area (Å²) in [5, 5.41) is 13.0. The molecular weight excluding hydrogens is 246 g/mol. The molecule has 0 fully saturated rings. The third kappa shape index (κ3) is 4.19. The fourth-order valence-corrected chi connectivity index (χ4v) is 2.39. The lowest BCUT2D eigenvalue weighted by atomic mass is 9.98. The van der Waals surface area contributed by atoms with Crippen LogP contribution in [0.1, 0.15) is 30.5 Å². The van der Waals surface area contributed by atoms with Crippen LogP contribution in [0.2, 0.25) is 0 Å². The Morgan fingerprint density at radius 3 is 2.10 bits per heavy atom. The molecule has 0 spiro atoms. The van der Waals surface area contributed by atoms with Gasteiger partial charge in [-0.2, -0.15) is 0 Å². The summed E-state index contributed by atoms with van der Waals surface area (Å²) in [6, 6.07) is 21.3. The first-order valence-corrected chi connectivity index (χ1v) is 7.29. The van der Waals surface area contributed by atoms with Crippen LogP contribution in [0.25, 0.3) is 0 Å². The molecule has 106 valence electrons. The van der Waals surface area contributed by atoms with Gasteiger partial charge in [-0.25, -0.2) is 0 Å². The van der Waals surface area contributed by atoms with Crippen molar-refractivity contribution in [1.82, 2.24) is 5.32 Å². The minimum Gasteiger partial charge on any atom is -0.395 e. The van der Waals surface area contributed by atoms with Crippen molar-refractivity contribution in [2.75, 3.05) is 6.61 Å². The molecule has 0 aliphatic carbocycles. The minimum atomic E-state index is 0.143. The van der Waals surface area contributed by atoms with Gasteiger partial charge in [-0.3, -0.25) is 0 Å². The summed E-state index contributed by atoms with van der Waals surface area (Å²) in [4.78, 5) is 0. The van der Waals surface area contributed by atoms with E-state index < -0.39 is 0 Å². The highest BCUT2D eigenvalue weighted by atomic mass is 16.3. The van der Waals surface area contributed by atoms with E-state index >= 15 is 0 Å². The molecule has 2 nitrogen and oxygen atoms in total. The topological polar surface area (TPSA) is 32.3 Å². The molecule has 2 aromatic rings. The van der Waals surface area contributed by atoms with Gasteiger partial charge in [-0.05, 0) is 24.0 Å². The average Bonchev–Trinajstić information content (AvgIpc) is 2.53. The van der Waals surface area contributed by atoms with E-state index in [0.29, 0.717) is 0 Å². The smallest absolute Gasteiger partial charge is 0.0584 e. The number of hydrogen-bond donors (Lipinski definition) is 2. The predicted molar refractivity (Wildman–Crippen MR) is 83.6 cm³/mol. The monoisotopic (exact) mass is 269 g/mol. The lowest BCUT2D eigenvalue weighted by Crippen LogP contribution is -2.36. The molecular formula is C18H23NO. The fraction of sp³-hybridized carbons (Fsp3) is 0.333. The Morgan fingerprint density at radius 2 is 1.55 bits per heavy atom. The highest BCUT2D eigenvalue weighted by Crippen LogP contribution is 2.19. The van der Waals surface area contributed by atoms with Crippen molar-refractivity contribution >= 4 is 0 Å². The fourth-order valence-electron chi connectivity index (χ4n) is 2.39. The van der Waals surface area contributed by atoms with Crippen LogP contribution in [0.5, 0.6) is 0 Å². The molecule has 2 aromatic carbocycles. The average molecular weight is 269 g/mol. The molecule has 1 unspecified atom stereocenters. The van der Waals surface area contributed by atoms with Gasteiger partial charge in [-0.1, -0.05) is 67.6 Å². The first-order valence-electron chi connectivity index (χ1n) is 7.29. The van der Waals surface area contributed by atoms with E-state index in [4.69, 9.17) is 0 Å². The molecule has 0 heterocycles. The summed E-state index contributed by atoms with van der Waals surface area (Å²) in [5.41, 5.74) is 2.57. The second-order valence-corrected chi connectivity index (χ2v) is 5.11. The predicted octanol–water partition coefficient (Wildman–Crippen LogP) is 3.33. The van der Waals surface area contributed by atoms with E-state index in [1.54, 1.807) is 0 Å². The van der Waals surface area contributed by atoms with E-state index in [1.807, 2.05) is 12.1 Å². The number of aliphatic hydroxyl groups is 1. The number of aliphatic hydroxyl groups excluding tert-OH is 1. The van der Waals surface area contributed by atoms with Gasteiger partial charge in [0.05, 0.1) is 6.61 Å². The van der Waals surface area contributed by atoms with Crippen LogP contribution >= 0.6 is 0 Å². The third-order valence-corrected chi connectivity index (χ3v) is 3.63. The lowest BCUT2D eigenvalue weighted by molar-refractivity contribution is 0.227. The molecule has 0 aliphatic rings. The van der Waals surface area contributed by atoms with Crippen LogP contribution in [-0.4, -0.2) is 17.8 Å². The molecule has 2 N–H and O–H groups in total. The maximum atomic E-state index is 9.43. The first-order chi connectivity index (χ1) is 9.83. The quantitative estimate of drug-likeness (QED) is 0.808. The molecule has 0 radical (unpaired) electrons. The summed E-state index contributed by atoms with van der Waals surface area (Å²) in [5.74, 6) is 0. The van der Waals surface area contributed by atoms with Crippen LogP contribution in [0.15, 0.2) is 60.7 Å². The zero-order valence-electron chi connectivity index (χ0n) is 12.0. The van der Waals surface area contributed by atoms with E-state index in [9.17, 15) is 5.11 Å². The van der Waals surface area contributed by atoms with Crippen molar-refractivity contribution in [2.45, 2.75) is 31.8 Å². The molecule has 20 heavy (non-hydrogen) atoms. The maximum absolute atomic E-state index is 9.43. The second-order valence-electron chi connectivity index (χ2n) is 5.11. The van der Waals surface area contributed by atoms with Gasteiger partial charge in [0.15, 0.2) is 0 Å². The first kappa shape index (κ1) is 14.8. The summed E-state index contributed by atoms with van der Waals surface area (Å²) in [6.07, 6.45) is 1.86. The summed E-state index contributed by atoms with van der Waals surface area (Å²) in [7, 11) is 0. The standard InChI is InChI=1S/C18H23NO/c1-2-17(14-20)19-18(16-11-7-4-8-12-16)13-15-9-5-3-6-10-15/h3-12,17-20H,2,13-14H2,1H3/t17-,18?/m0/s1. The Hall–Kier alpha value is -1.64. The Balaban J connectivity index is 2.16. The van der Waals surface area contributed by atoms with Gasteiger partial charge in [-0.15, -0.1) is 0 Å². The second kappa shape index (κ2) is 7.83.